The summed E-state index contributed by atoms with van der Waals surface area (Å²) < 4.78 is 29.7. The number of ether oxygens (including phenoxy) is 1. The fourth-order valence-corrected chi connectivity index (χ4v) is 2.73. The van der Waals surface area contributed by atoms with E-state index < -0.39 is 10.0 Å². The lowest BCUT2D eigenvalue weighted by molar-refractivity contribution is 0.413. The minimum absolute atomic E-state index is 0.294. The molecule has 0 spiro atoms. The lowest BCUT2D eigenvalue weighted by Crippen LogP contribution is -2.33. The number of benzene rings is 1. The van der Waals surface area contributed by atoms with Crippen LogP contribution in [0.5, 0.6) is 5.75 Å². The van der Waals surface area contributed by atoms with Crippen molar-refractivity contribution in [1.82, 2.24) is 10.0 Å². The summed E-state index contributed by atoms with van der Waals surface area (Å²) in [5.41, 5.74) is 1.23. The van der Waals surface area contributed by atoms with E-state index in [-0.39, 0.29) is 0 Å². The van der Waals surface area contributed by atoms with Crippen molar-refractivity contribution in [2.24, 2.45) is 5.92 Å². The largest absolute Gasteiger partial charge is 0.497 e. The Bertz CT molecular complexity index is 524. The van der Waals surface area contributed by atoms with Crippen LogP contribution in [-0.4, -0.2) is 34.9 Å². The number of hydrogen-bond acceptors (Lipinski definition) is 4. The van der Waals surface area contributed by atoms with E-state index in [9.17, 15) is 8.42 Å². The van der Waals surface area contributed by atoms with E-state index in [1.165, 1.54) is 24.7 Å². The quantitative estimate of drug-likeness (QED) is 0.710. The first-order chi connectivity index (χ1) is 9.49. The van der Waals surface area contributed by atoms with E-state index in [2.05, 4.69) is 22.2 Å². The van der Waals surface area contributed by atoms with Gasteiger partial charge in [0.05, 0.1) is 13.4 Å². The van der Waals surface area contributed by atoms with E-state index >= 15 is 0 Å². The normalized spacial score (nSPS) is 16.9. The van der Waals surface area contributed by atoms with Gasteiger partial charge in [0.15, 0.2) is 0 Å². The maximum absolute atomic E-state index is 11.0. The SMILES string of the molecule is COc1ccc(C(NCCNS(C)(=O)=O)C2CC2)cc1. The minimum Gasteiger partial charge on any atom is -0.497 e. The number of methoxy groups -OCH3 is 1. The molecule has 1 fully saturated rings. The zero-order valence-corrected chi connectivity index (χ0v) is 12.7. The van der Waals surface area contributed by atoms with E-state index in [1.807, 2.05) is 12.1 Å². The molecule has 1 unspecified atom stereocenters. The van der Waals surface area contributed by atoms with Gasteiger partial charge in [-0.15, -0.1) is 0 Å². The van der Waals surface area contributed by atoms with Gasteiger partial charge in [-0.2, -0.15) is 0 Å². The van der Waals surface area contributed by atoms with Gasteiger partial charge in [0.2, 0.25) is 10.0 Å². The molecule has 0 saturated heterocycles. The standard InChI is InChI=1S/C14H22N2O3S/c1-19-13-7-5-12(6-8-13)14(11-3-4-11)15-9-10-16-20(2,17)18/h5-8,11,14-16H,3-4,9-10H2,1-2H3. The average Bonchev–Trinajstić information content (AvgIpc) is 3.22. The Morgan fingerprint density at radius 3 is 2.40 bits per heavy atom. The molecule has 2 N–H and O–H groups in total. The minimum atomic E-state index is -3.11. The second-order valence-corrected chi connectivity index (χ2v) is 7.04. The van der Waals surface area contributed by atoms with E-state index in [0.717, 1.165) is 5.75 Å². The van der Waals surface area contributed by atoms with Gasteiger partial charge in [-0.05, 0) is 36.5 Å². The fraction of sp³-hybridized carbons (Fsp3) is 0.571. The van der Waals surface area contributed by atoms with E-state index in [0.29, 0.717) is 25.0 Å². The highest BCUT2D eigenvalue weighted by molar-refractivity contribution is 7.88. The lowest BCUT2D eigenvalue weighted by Gasteiger charge is -2.19. The Hall–Kier alpha value is -1.11. The van der Waals surface area contributed by atoms with Crippen LogP contribution < -0.4 is 14.8 Å². The molecule has 0 amide bonds. The fourth-order valence-electron chi connectivity index (χ4n) is 2.26. The molecule has 20 heavy (non-hydrogen) atoms. The third-order valence-electron chi connectivity index (χ3n) is 3.42. The zero-order chi connectivity index (χ0) is 14.6. The monoisotopic (exact) mass is 298 g/mol. The second kappa shape index (κ2) is 6.56. The van der Waals surface area contributed by atoms with Crippen LogP contribution in [-0.2, 0) is 10.0 Å². The van der Waals surface area contributed by atoms with Gasteiger partial charge < -0.3 is 10.1 Å². The van der Waals surface area contributed by atoms with E-state index in [4.69, 9.17) is 4.74 Å². The molecular weight excluding hydrogens is 276 g/mol. The average molecular weight is 298 g/mol. The maximum atomic E-state index is 11.0. The van der Waals surface area contributed by atoms with Gasteiger partial charge in [-0.1, -0.05) is 12.1 Å². The van der Waals surface area contributed by atoms with Crippen molar-refractivity contribution >= 4 is 10.0 Å². The van der Waals surface area contributed by atoms with Crippen LogP contribution in [0.1, 0.15) is 24.4 Å². The highest BCUT2D eigenvalue weighted by atomic mass is 32.2. The third-order valence-corrected chi connectivity index (χ3v) is 4.15. The molecule has 112 valence electrons. The second-order valence-electron chi connectivity index (χ2n) is 5.21. The molecule has 0 aliphatic heterocycles. The highest BCUT2D eigenvalue weighted by Gasteiger charge is 2.31. The summed E-state index contributed by atoms with van der Waals surface area (Å²) in [6.45, 7) is 1.04. The topological polar surface area (TPSA) is 67.4 Å². The molecule has 0 bridgehead atoms. The van der Waals surface area contributed by atoms with Crippen molar-refractivity contribution < 1.29 is 13.2 Å². The van der Waals surface area contributed by atoms with Gasteiger partial charge in [0, 0.05) is 19.1 Å². The van der Waals surface area contributed by atoms with Crippen molar-refractivity contribution in [3.8, 4) is 5.75 Å². The van der Waals surface area contributed by atoms with Gasteiger partial charge in [-0.25, -0.2) is 13.1 Å². The molecule has 1 aromatic rings. The Morgan fingerprint density at radius 2 is 1.90 bits per heavy atom. The summed E-state index contributed by atoms with van der Waals surface area (Å²) >= 11 is 0. The predicted octanol–water partition coefficient (Wildman–Crippen LogP) is 1.29. The smallest absolute Gasteiger partial charge is 0.208 e. The van der Waals surface area contributed by atoms with Crippen molar-refractivity contribution in [3.63, 3.8) is 0 Å². The Balaban J connectivity index is 1.90. The Kier molecular flexibility index (Phi) is 5.01. The molecule has 1 aromatic carbocycles. The van der Waals surface area contributed by atoms with Gasteiger partial charge >= 0.3 is 0 Å². The molecular formula is C14H22N2O3S. The summed E-state index contributed by atoms with van der Waals surface area (Å²) in [6, 6.07) is 8.35. The first-order valence-corrected chi connectivity index (χ1v) is 8.71. The molecule has 5 nitrogen and oxygen atoms in total. The van der Waals surface area contributed by atoms with Crippen LogP contribution >= 0.6 is 0 Å². The lowest BCUT2D eigenvalue weighted by atomic mass is 10.0. The molecule has 1 saturated carbocycles. The molecule has 0 radical (unpaired) electrons. The molecule has 2 rings (SSSR count). The molecule has 0 heterocycles. The van der Waals surface area contributed by atoms with Crippen LogP contribution in [0.3, 0.4) is 0 Å². The zero-order valence-electron chi connectivity index (χ0n) is 11.9. The summed E-state index contributed by atoms with van der Waals surface area (Å²) in [4.78, 5) is 0. The summed E-state index contributed by atoms with van der Waals surface area (Å²) in [6.07, 6.45) is 3.63. The van der Waals surface area contributed by atoms with Crippen LogP contribution in [0, 0.1) is 5.92 Å². The van der Waals surface area contributed by atoms with Crippen LogP contribution in [0.15, 0.2) is 24.3 Å². The van der Waals surface area contributed by atoms with E-state index in [1.54, 1.807) is 7.11 Å². The molecule has 1 aliphatic rings. The van der Waals surface area contributed by atoms with Gasteiger partial charge in [0.1, 0.15) is 5.75 Å². The summed E-state index contributed by atoms with van der Waals surface area (Å²) in [7, 11) is -1.45. The van der Waals surface area contributed by atoms with Crippen LogP contribution in [0.4, 0.5) is 0 Å². The number of hydrogen-bond donors (Lipinski definition) is 2. The summed E-state index contributed by atoms with van der Waals surface area (Å²) in [5.74, 6) is 1.50. The molecule has 0 aromatic heterocycles. The first-order valence-electron chi connectivity index (χ1n) is 6.81. The Morgan fingerprint density at radius 1 is 1.25 bits per heavy atom. The van der Waals surface area contributed by atoms with Crippen molar-refractivity contribution in [3.05, 3.63) is 29.8 Å². The van der Waals surface area contributed by atoms with Crippen molar-refractivity contribution in [1.29, 1.82) is 0 Å². The highest BCUT2D eigenvalue weighted by Crippen LogP contribution is 2.41. The number of nitrogens with one attached hydrogen (secondary N) is 2. The molecule has 6 heteroatoms. The third kappa shape index (κ3) is 4.77. The maximum Gasteiger partial charge on any atom is 0.208 e. The Labute approximate surface area is 120 Å². The predicted molar refractivity (Wildman–Crippen MR) is 79.3 cm³/mol. The van der Waals surface area contributed by atoms with Crippen molar-refractivity contribution in [2.45, 2.75) is 18.9 Å². The van der Waals surface area contributed by atoms with Gasteiger partial charge in [-0.3, -0.25) is 0 Å². The number of rotatable bonds is 8. The van der Waals surface area contributed by atoms with Crippen LogP contribution in [0.25, 0.3) is 0 Å². The first kappa shape index (κ1) is 15.3. The van der Waals surface area contributed by atoms with Gasteiger partial charge in [0.25, 0.3) is 0 Å². The van der Waals surface area contributed by atoms with Crippen molar-refractivity contribution in [2.75, 3.05) is 26.5 Å². The number of sulfonamides is 1. The van der Waals surface area contributed by atoms with Crippen LogP contribution in [0.2, 0.25) is 0 Å². The summed E-state index contributed by atoms with van der Waals surface area (Å²) in [5, 5.41) is 3.44. The molecule has 1 aliphatic carbocycles. The molecule has 1 atom stereocenters.